The fourth-order valence-electron chi connectivity index (χ4n) is 3.67. The predicted molar refractivity (Wildman–Crippen MR) is 107 cm³/mol. The maximum absolute atomic E-state index is 12.7. The first-order valence-electron chi connectivity index (χ1n) is 9.65. The molecule has 1 aromatic rings. The molecule has 11 nitrogen and oxygen atoms in total. The summed E-state index contributed by atoms with van der Waals surface area (Å²) in [6.45, 7) is 2.89. The Kier molecular flexibility index (Phi) is 8.35. The van der Waals surface area contributed by atoms with Crippen LogP contribution in [0.25, 0.3) is 0 Å². The molecular formula is C18H28N4O7S. The van der Waals surface area contributed by atoms with Crippen LogP contribution in [0.5, 0.6) is 0 Å². The van der Waals surface area contributed by atoms with E-state index >= 15 is 0 Å². The first-order valence-corrected chi connectivity index (χ1v) is 11.5. The highest BCUT2D eigenvalue weighted by atomic mass is 32.2. The predicted octanol–water partition coefficient (Wildman–Crippen LogP) is -0.415. The van der Waals surface area contributed by atoms with Crippen molar-refractivity contribution in [3.63, 3.8) is 0 Å². The number of methoxy groups -OCH3 is 1. The molecule has 2 amide bonds. The zero-order valence-electron chi connectivity index (χ0n) is 17.1. The molecule has 12 heteroatoms. The molecule has 1 fully saturated rings. The van der Waals surface area contributed by atoms with Crippen LogP contribution in [0.3, 0.4) is 0 Å². The summed E-state index contributed by atoms with van der Waals surface area (Å²) >= 11 is 0. The molecular weight excluding hydrogens is 416 g/mol. The summed E-state index contributed by atoms with van der Waals surface area (Å²) in [5, 5.41) is 16.8. The number of aromatic nitrogens is 2. The van der Waals surface area contributed by atoms with E-state index in [-0.39, 0.29) is 41.8 Å². The van der Waals surface area contributed by atoms with Gasteiger partial charge in [-0.05, 0) is 26.2 Å². The smallest absolute Gasteiger partial charge is 0.290 e. The van der Waals surface area contributed by atoms with Crippen LogP contribution in [0.4, 0.5) is 0 Å². The number of carbonyl (C=O) groups excluding carboxylic acids is 2. The van der Waals surface area contributed by atoms with E-state index in [1.807, 2.05) is 6.92 Å². The van der Waals surface area contributed by atoms with Crippen molar-refractivity contribution in [2.45, 2.75) is 38.8 Å². The van der Waals surface area contributed by atoms with Crippen molar-refractivity contribution >= 4 is 28.1 Å². The quantitative estimate of drug-likeness (QED) is 0.517. The minimum absolute atomic E-state index is 0.00938. The third kappa shape index (κ3) is 6.02. The molecule has 1 atom stereocenters. The first-order chi connectivity index (χ1) is 14.2. The van der Waals surface area contributed by atoms with Crippen LogP contribution < -0.4 is 5.32 Å². The Morgan fingerprint density at radius 2 is 2.03 bits per heavy atom. The van der Waals surface area contributed by atoms with E-state index in [1.165, 1.54) is 0 Å². The Hall–Kier alpha value is -2.47. The SMILES string of the molecule is COCC(C)NC(=O)c1n[nH]c2c1CCN(C(=O)C1CCS(=O)(=O)CC1)C2.O=CO. The lowest BCUT2D eigenvalue weighted by Crippen LogP contribution is -2.42. The third-order valence-electron chi connectivity index (χ3n) is 5.16. The maximum atomic E-state index is 12.7. The van der Waals surface area contributed by atoms with Crippen LogP contribution in [-0.4, -0.2) is 84.7 Å². The summed E-state index contributed by atoms with van der Waals surface area (Å²) < 4.78 is 28.1. The topological polar surface area (TPSA) is 159 Å². The largest absolute Gasteiger partial charge is 0.483 e. The number of H-pyrrole nitrogens is 1. The van der Waals surface area contributed by atoms with Crippen molar-refractivity contribution in [3.8, 4) is 0 Å². The second-order valence-electron chi connectivity index (χ2n) is 7.40. The fourth-order valence-corrected chi connectivity index (χ4v) is 5.16. The van der Waals surface area contributed by atoms with Crippen LogP contribution in [0, 0.1) is 5.92 Å². The van der Waals surface area contributed by atoms with Gasteiger partial charge in [-0.1, -0.05) is 0 Å². The number of aromatic amines is 1. The molecule has 0 radical (unpaired) electrons. The molecule has 0 aliphatic carbocycles. The monoisotopic (exact) mass is 444 g/mol. The first kappa shape index (κ1) is 23.8. The number of amides is 2. The Bertz CT molecular complexity index is 854. The number of hydrogen-bond donors (Lipinski definition) is 3. The van der Waals surface area contributed by atoms with Gasteiger partial charge >= 0.3 is 0 Å². The van der Waals surface area contributed by atoms with Gasteiger partial charge < -0.3 is 20.1 Å². The van der Waals surface area contributed by atoms with Crippen molar-refractivity contribution in [1.29, 1.82) is 0 Å². The van der Waals surface area contributed by atoms with Crippen molar-refractivity contribution in [1.82, 2.24) is 20.4 Å². The molecule has 3 heterocycles. The Balaban J connectivity index is 0.00000101. The third-order valence-corrected chi connectivity index (χ3v) is 6.87. The van der Waals surface area contributed by atoms with Gasteiger partial charge in [-0.25, -0.2) is 8.42 Å². The van der Waals surface area contributed by atoms with Crippen molar-refractivity contribution < 1.29 is 32.6 Å². The van der Waals surface area contributed by atoms with E-state index < -0.39 is 9.84 Å². The Morgan fingerprint density at radius 3 is 2.63 bits per heavy atom. The number of carbonyl (C=O) groups is 3. The highest BCUT2D eigenvalue weighted by molar-refractivity contribution is 7.91. The maximum Gasteiger partial charge on any atom is 0.290 e. The van der Waals surface area contributed by atoms with Gasteiger partial charge in [0.15, 0.2) is 5.69 Å². The van der Waals surface area contributed by atoms with Crippen LogP contribution in [0.1, 0.15) is 41.5 Å². The molecule has 3 N–H and O–H groups in total. The molecule has 0 saturated carbocycles. The number of fused-ring (bicyclic) bond motifs is 1. The van der Waals surface area contributed by atoms with Gasteiger partial charge in [-0.3, -0.25) is 19.5 Å². The van der Waals surface area contributed by atoms with E-state index in [4.69, 9.17) is 14.6 Å². The standard InChI is InChI=1S/C17H26N4O5S.CH2O2/c1-11(10-26-2)18-16(22)15-13-3-6-21(9-14(13)19-20-15)17(23)12-4-7-27(24,25)8-5-12;2-1-3/h11-12H,3-10H2,1-2H3,(H,18,22)(H,19,20);1H,(H,2,3). The number of nitrogens with one attached hydrogen (secondary N) is 2. The molecule has 0 aromatic carbocycles. The van der Waals surface area contributed by atoms with Gasteiger partial charge in [0.1, 0.15) is 9.84 Å². The average Bonchev–Trinajstić information content (AvgIpc) is 3.11. The van der Waals surface area contributed by atoms with Gasteiger partial charge in [-0.2, -0.15) is 5.10 Å². The van der Waals surface area contributed by atoms with Gasteiger partial charge in [-0.15, -0.1) is 0 Å². The van der Waals surface area contributed by atoms with E-state index in [0.717, 1.165) is 11.3 Å². The van der Waals surface area contributed by atoms with Crippen LogP contribution in [0.2, 0.25) is 0 Å². The van der Waals surface area contributed by atoms with Gasteiger partial charge in [0.2, 0.25) is 5.91 Å². The van der Waals surface area contributed by atoms with Crippen LogP contribution >= 0.6 is 0 Å². The van der Waals surface area contributed by atoms with E-state index in [9.17, 15) is 18.0 Å². The lowest BCUT2D eigenvalue weighted by atomic mass is 9.98. The number of ether oxygens (including phenoxy) is 1. The zero-order chi connectivity index (χ0) is 22.3. The minimum atomic E-state index is -2.99. The highest BCUT2D eigenvalue weighted by Gasteiger charge is 2.34. The molecule has 3 rings (SSSR count). The summed E-state index contributed by atoms with van der Waals surface area (Å²) in [5.41, 5.74) is 1.97. The number of nitrogens with zero attached hydrogens (tertiary/aromatic N) is 2. The van der Waals surface area contributed by atoms with Crippen LogP contribution in [0.15, 0.2) is 0 Å². The Morgan fingerprint density at radius 1 is 1.40 bits per heavy atom. The fraction of sp³-hybridized carbons (Fsp3) is 0.667. The van der Waals surface area contributed by atoms with Crippen molar-refractivity contribution in [2.75, 3.05) is 31.8 Å². The second kappa shape index (κ2) is 10.5. The number of hydrogen-bond acceptors (Lipinski definition) is 7. The van der Waals surface area contributed by atoms with Crippen LogP contribution in [-0.2, 0) is 37.1 Å². The summed E-state index contributed by atoms with van der Waals surface area (Å²) in [6.07, 6.45) is 1.32. The van der Waals surface area contributed by atoms with Gasteiger partial charge in [0.05, 0.1) is 30.4 Å². The van der Waals surface area contributed by atoms with E-state index in [2.05, 4.69) is 15.5 Å². The molecule has 30 heavy (non-hydrogen) atoms. The molecule has 0 spiro atoms. The number of sulfone groups is 1. The van der Waals surface area contributed by atoms with Gasteiger partial charge in [0.25, 0.3) is 12.4 Å². The van der Waals surface area contributed by atoms with Crippen molar-refractivity contribution in [2.24, 2.45) is 5.92 Å². The summed E-state index contributed by atoms with van der Waals surface area (Å²) in [6, 6.07) is -0.126. The number of carboxylic acid groups (broad SMARTS) is 1. The summed E-state index contributed by atoms with van der Waals surface area (Å²) in [7, 11) is -1.41. The summed E-state index contributed by atoms with van der Waals surface area (Å²) in [5.74, 6) is -0.345. The highest BCUT2D eigenvalue weighted by Crippen LogP contribution is 2.26. The molecule has 1 unspecified atom stereocenters. The molecule has 2 aliphatic heterocycles. The average molecular weight is 445 g/mol. The molecule has 2 aliphatic rings. The lowest BCUT2D eigenvalue weighted by molar-refractivity contribution is -0.136. The Labute approximate surface area is 175 Å². The molecule has 0 bridgehead atoms. The summed E-state index contributed by atoms with van der Waals surface area (Å²) in [4.78, 5) is 35.2. The zero-order valence-corrected chi connectivity index (χ0v) is 17.9. The molecule has 1 aromatic heterocycles. The van der Waals surface area contributed by atoms with E-state index in [1.54, 1.807) is 12.0 Å². The molecule has 1 saturated heterocycles. The minimum Gasteiger partial charge on any atom is -0.483 e. The molecule has 168 valence electrons. The normalized spacial score (nSPS) is 19.1. The van der Waals surface area contributed by atoms with Gasteiger partial charge in [0, 0.05) is 31.2 Å². The van der Waals surface area contributed by atoms with E-state index in [0.29, 0.717) is 44.7 Å². The van der Waals surface area contributed by atoms with Crippen molar-refractivity contribution in [3.05, 3.63) is 17.0 Å². The second-order valence-corrected chi connectivity index (χ2v) is 9.70. The number of rotatable bonds is 5. The lowest BCUT2D eigenvalue weighted by Gasteiger charge is -2.31.